The monoisotopic (exact) mass is 336 g/mol. The Morgan fingerprint density at radius 1 is 0.750 bits per heavy atom. The van der Waals surface area contributed by atoms with Gasteiger partial charge in [-0.3, -0.25) is 0 Å². The van der Waals surface area contributed by atoms with Crippen molar-refractivity contribution < 1.29 is 19.1 Å². The lowest BCUT2D eigenvalue weighted by Crippen LogP contribution is -2.34. The molecule has 134 valence electrons. The van der Waals surface area contributed by atoms with Gasteiger partial charge >= 0.3 is 12.2 Å². The lowest BCUT2D eigenvalue weighted by atomic mass is 10.1. The molecule has 0 saturated carbocycles. The molecule has 6 nitrogen and oxygen atoms in total. The zero-order chi connectivity index (χ0) is 18.3. The Hall–Kier alpha value is -2.24. The second kappa shape index (κ2) is 9.15. The minimum atomic E-state index is -0.450. The molecule has 0 aliphatic heterocycles. The maximum Gasteiger partial charge on any atom is 0.415 e. The summed E-state index contributed by atoms with van der Waals surface area (Å²) in [4.78, 5) is 27.7. The van der Waals surface area contributed by atoms with Crippen LogP contribution in [0.3, 0.4) is 0 Å². The number of hydrogen-bond donors (Lipinski definition) is 0. The predicted octanol–water partition coefficient (Wildman–Crippen LogP) is 3.98. The molecule has 2 amide bonds. The Morgan fingerprint density at radius 3 is 1.29 bits per heavy atom. The summed E-state index contributed by atoms with van der Waals surface area (Å²) in [5, 5.41) is 0. The summed E-state index contributed by atoms with van der Waals surface area (Å²) < 4.78 is 11.1. The molecule has 0 spiro atoms. The largest absolute Gasteiger partial charge is 0.415 e. The van der Waals surface area contributed by atoms with Crippen LogP contribution in [0.2, 0.25) is 0 Å². The van der Waals surface area contributed by atoms with E-state index in [2.05, 4.69) is 0 Å². The summed E-state index contributed by atoms with van der Waals surface area (Å²) in [6.07, 6.45) is -0.900. The fourth-order valence-electron chi connectivity index (χ4n) is 2.28. The van der Waals surface area contributed by atoms with Crippen molar-refractivity contribution in [1.82, 2.24) is 9.80 Å². The van der Waals surface area contributed by atoms with Crippen LogP contribution in [-0.4, -0.2) is 48.2 Å². The van der Waals surface area contributed by atoms with E-state index in [0.29, 0.717) is 37.7 Å². The molecule has 1 aromatic rings. The van der Waals surface area contributed by atoms with Gasteiger partial charge in [0.05, 0.1) is 0 Å². The van der Waals surface area contributed by atoms with Crippen LogP contribution in [0.5, 0.6) is 11.5 Å². The average Bonchev–Trinajstić information content (AvgIpc) is 2.56. The molecule has 0 N–H and O–H groups in total. The van der Waals surface area contributed by atoms with E-state index in [-0.39, 0.29) is 0 Å². The number of amides is 2. The molecule has 0 aliphatic rings. The summed E-state index contributed by atoms with van der Waals surface area (Å²) in [5.74, 6) is 0.597. The van der Waals surface area contributed by atoms with Crippen molar-refractivity contribution >= 4 is 12.2 Å². The highest BCUT2D eigenvalue weighted by molar-refractivity contribution is 5.76. The van der Waals surface area contributed by atoms with Gasteiger partial charge in [0.2, 0.25) is 0 Å². The van der Waals surface area contributed by atoms with Crippen LogP contribution in [0.15, 0.2) is 12.1 Å². The first-order valence-corrected chi connectivity index (χ1v) is 8.43. The highest BCUT2D eigenvalue weighted by atomic mass is 16.6. The van der Waals surface area contributed by atoms with Crippen LogP contribution in [0.25, 0.3) is 0 Å². The first-order chi connectivity index (χ1) is 11.4. The third-order valence-corrected chi connectivity index (χ3v) is 3.93. The number of aryl methyl sites for hydroxylation is 2. The maximum atomic E-state index is 12.3. The van der Waals surface area contributed by atoms with Gasteiger partial charge in [-0.2, -0.15) is 0 Å². The number of rotatable bonds is 6. The Bertz CT molecular complexity index is 528. The lowest BCUT2D eigenvalue weighted by molar-refractivity contribution is 0.146. The summed E-state index contributed by atoms with van der Waals surface area (Å²) in [6, 6.07) is 3.68. The van der Waals surface area contributed by atoms with Gasteiger partial charge in [0.25, 0.3) is 0 Å². The molecule has 0 aromatic heterocycles. The van der Waals surface area contributed by atoms with E-state index in [9.17, 15) is 9.59 Å². The quantitative estimate of drug-likeness (QED) is 0.788. The molecule has 0 aliphatic carbocycles. The number of ether oxygens (including phenoxy) is 2. The van der Waals surface area contributed by atoms with Crippen LogP contribution in [0.4, 0.5) is 9.59 Å². The van der Waals surface area contributed by atoms with E-state index >= 15 is 0 Å². The van der Waals surface area contributed by atoms with Gasteiger partial charge < -0.3 is 19.3 Å². The van der Waals surface area contributed by atoms with Crippen LogP contribution in [0.1, 0.15) is 38.8 Å². The zero-order valence-electron chi connectivity index (χ0n) is 15.5. The Kier molecular flexibility index (Phi) is 7.55. The van der Waals surface area contributed by atoms with Gasteiger partial charge in [0.1, 0.15) is 0 Å². The molecule has 24 heavy (non-hydrogen) atoms. The molecule has 0 saturated heterocycles. The van der Waals surface area contributed by atoms with E-state index in [1.54, 1.807) is 9.80 Å². The zero-order valence-corrected chi connectivity index (χ0v) is 15.5. The van der Waals surface area contributed by atoms with Crippen molar-refractivity contribution in [2.24, 2.45) is 0 Å². The molecule has 1 rings (SSSR count). The minimum Gasteiger partial charge on any atom is -0.406 e. The van der Waals surface area contributed by atoms with Gasteiger partial charge in [-0.1, -0.05) is 12.1 Å². The predicted molar refractivity (Wildman–Crippen MR) is 93.8 cm³/mol. The molecule has 6 heteroatoms. The Labute approximate surface area is 144 Å². The molecular weight excluding hydrogens is 308 g/mol. The second-order valence-electron chi connectivity index (χ2n) is 5.44. The lowest BCUT2D eigenvalue weighted by Gasteiger charge is -2.22. The topological polar surface area (TPSA) is 59.1 Å². The van der Waals surface area contributed by atoms with Crippen molar-refractivity contribution in [2.75, 3.05) is 26.2 Å². The number of hydrogen-bond acceptors (Lipinski definition) is 4. The first-order valence-electron chi connectivity index (χ1n) is 8.43. The molecule has 0 unspecified atom stereocenters. The number of carbonyl (C=O) groups excluding carboxylic acids is 2. The summed E-state index contributed by atoms with van der Waals surface area (Å²) >= 11 is 0. The molecular formula is C18H28N2O4. The van der Waals surface area contributed by atoms with Gasteiger partial charge in [0, 0.05) is 26.2 Å². The number of nitrogens with zero attached hydrogens (tertiary/aromatic N) is 2. The second-order valence-corrected chi connectivity index (χ2v) is 5.44. The van der Waals surface area contributed by atoms with E-state index in [1.165, 1.54) is 0 Å². The van der Waals surface area contributed by atoms with Crippen LogP contribution in [0, 0.1) is 13.8 Å². The Balaban J connectivity index is 3.14. The average molecular weight is 336 g/mol. The fraction of sp³-hybridized carbons (Fsp3) is 0.556. The van der Waals surface area contributed by atoms with Crippen molar-refractivity contribution in [3.63, 3.8) is 0 Å². The first kappa shape index (κ1) is 19.8. The fourth-order valence-corrected chi connectivity index (χ4v) is 2.28. The third kappa shape index (κ3) is 4.63. The van der Waals surface area contributed by atoms with Gasteiger partial charge in [-0.15, -0.1) is 0 Å². The SMILES string of the molecule is CCN(CC)C(=O)Oc1c(C)ccc(C)c1OC(=O)N(CC)CC. The minimum absolute atomic E-state index is 0.299. The van der Waals surface area contributed by atoms with Crippen LogP contribution < -0.4 is 9.47 Å². The third-order valence-electron chi connectivity index (χ3n) is 3.93. The van der Waals surface area contributed by atoms with E-state index in [4.69, 9.17) is 9.47 Å². The van der Waals surface area contributed by atoms with Crippen molar-refractivity contribution in [1.29, 1.82) is 0 Å². The van der Waals surface area contributed by atoms with Gasteiger partial charge in [-0.05, 0) is 52.7 Å². The summed E-state index contributed by atoms with van der Waals surface area (Å²) in [5.41, 5.74) is 1.48. The molecule has 1 aromatic carbocycles. The standard InChI is InChI=1S/C18H28N2O4/c1-7-19(8-2)17(21)23-15-13(5)11-12-14(6)16(15)24-18(22)20(9-3)10-4/h11-12H,7-10H2,1-6H3. The van der Waals surface area contributed by atoms with E-state index in [0.717, 1.165) is 11.1 Å². The van der Waals surface area contributed by atoms with Crippen LogP contribution >= 0.6 is 0 Å². The van der Waals surface area contributed by atoms with E-state index < -0.39 is 12.2 Å². The Morgan fingerprint density at radius 2 is 1.04 bits per heavy atom. The molecule has 0 heterocycles. The van der Waals surface area contributed by atoms with Gasteiger partial charge in [0.15, 0.2) is 11.5 Å². The van der Waals surface area contributed by atoms with Crippen molar-refractivity contribution in [3.05, 3.63) is 23.3 Å². The van der Waals surface area contributed by atoms with Gasteiger partial charge in [-0.25, -0.2) is 9.59 Å². The summed E-state index contributed by atoms with van der Waals surface area (Å²) in [6.45, 7) is 13.4. The smallest absolute Gasteiger partial charge is 0.406 e. The normalized spacial score (nSPS) is 10.2. The van der Waals surface area contributed by atoms with Crippen molar-refractivity contribution in [3.8, 4) is 11.5 Å². The highest BCUT2D eigenvalue weighted by Crippen LogP contribution is 2.35. The molecule has 0 fully saturated rings. The summed E-state index contributed by atoms with van der Waals surface area (Å²) in [7, 11) is 0. The molecule has 0 atom stereocenters. The highest BCUT2D eigenvalue weighted by Gasteiger charge is 2.22. The number of carbonyl (C=O) groups is 2. The van der Waals surface area contributed by atoms with Crippen molar-refractivity contribution in [2.45, 2.75) is 41.5 Å². The van der Waals surface area contributed by atoms with Crippen LogP contribution in [-0.2, 0) is 0 Å². The maximum absolute atomic E-state index is 12.3. The molecule has 0 radical (unpaired) electrons. The van der Waals surface area contributed by atoms with E-state index in [1.807, 2.05) is 53.7 Å². The number of benzene rings is 1. The molecule has 0 bridgehead atoms.